The highest BCUT2D eigenvalue weighted by molar-refractivity contribution is 7.88. The molecule has 0 spiro atoms. The molecule has 29 heavy (non-hydrogen) atoms. The van der Waals surface area contributed by atoms with Gasteiger partial charge in [0.05, 0.1) is 17.5 Å². The molecule has 2 N–H and O–H groups in total. The fourth-order valence-corrected chi connectivity index (χ4v) is 5.14. The Balaban J connectivity index is 1.67. The zero-order chi connectivity index (χ0) is 21.3. The van der Waals surface area contributed by atoms with Crippen LogP contribution in [-0.2, 0) is 16.2 Å². The molecule has 2 fully saturated rings. The number of nitrogen functional groups attached to an aromatic ring is 1. The monoisotopic (exact) mass is 429 g/mol. The molecule has 0 bridgehead atoms. The lowest BCUT2D eigenvalue weighted by Gasteiger charge is -2.18. The molecule has 1 aliphatic heterocycles. The van der Waals surface area contributed by atoms with E-state index in [9.17, 15) is 21.6 Å². The second-order valence-corrected chi connectivity index (χ2v) is 10.1. The Kier molecular flexibility index (Phi) is 4.47. The molecule has 2 aliphatic rings. The van der Waals surface area contributed by atoms with Crippen LogP contribution in [0.25, 0.3) is 11.3 Å². The third kappa shape index (κ3) is 3.50. The molecule has 3 heterocycles. The lowest BCUT2D eigenvalue weighted by Crippen LogP contribution is -2.30. The van der Waals surface area contributed by atoms with Crippen LogP contribution in [0.2, 0.25) is 0 Å². The maximum absolute atomic E-state index is 13.2. The SMILES string of the molecule is CC(C)n1nc(-c2cnc(N)c(C(F)(F)F)c2)cc1C1[C@@H]2CN(S(C)(=O)=O)C[C@@H]12. The number of nitrogens with zero attached hydrogens (tertiary/aromatic N) is 4. The molecule has 1 aliphatic carbocycles. The van der Waals surface area contributed by atoms with Crippen molar-refractivity contribution in [2.45, 2.75) is 32.0 Å². The van der Waals surface area contributed by atoms with Crippen LogP contribution < -0.4 is 5.73 Å². The van der Waals surface area contributed by atoms with Crippen LogP contribution in [0.1, 0.15) is 37.1 Å². The standard InChI is InChI=1S/C18H22F3N5O2S/c1-9(2)26-15(16-11-7-25(8-12(11)16)29(3,27)28)5-14(24-26)10-4-13(18(19,20)21)17(22)23-6-10/h4-6,9,11-12,16H,7-8H2,1-3H3,(H2,22,23)/t11-,12-/m1/s1. The normalized spacial score (nSPS) is 24.9. The lowest BCUT2D eigenvalue weighted by molar-refractivity contribution is -0.137. The Hall–Kier alpha value is -2.14. The Morgan fingerprint density at radius 2 is 1.83 bits per heavy atom. The molecule has 2 aromatic rings. The zero-order valence-electron chi connectivity index (χ0n) is 16.2. The summed E-state index contributed by atoms with van der Waals surface area (Å²) in [6.07, 6.45) is -2.10. The maximum Gasteiger partial charge on any atom is 0.419 e. The maximum atomic E-state index is 13.2. The first-order valence-corrected chi connectivity index (χ1v) is 11.1. The van der Waals surface area contributed by atoms with E-state index < -0.39 is 27.6 Å². The van der Waals surface area contributed by atoms with Crippen molar-refractivity contribution in [3.8, 4) is 11.3 Å². The molecule has 0 unspecified atom stereocenters. The van der Waals surface area contributed by atoms with Crippen molar-refractivity contribution in [1.82, 2.24) is 19.1 Å². The number of pyridine rings is 1. The number of hydrogen-bond acceptors (Lipinski definition) is 5. The van der Waals surface area contributed by atoms with Gasteiger partial charge in [-0.3, -0.25) is 4.68 Å². The highest BCUT2D eigenvalue weighted by Crippen LogP contribution is 2.59. The predicted molar refractivity (Wildman–Crippen MR) is 101 cm³/mol. The minimum absolute atomic E-state index is 0.00918. The summed E-state index contributed by atoms with van der Waals surface area (Å²) in [5.41, 5.74) is 5.98. The molecular formula is C18H22F3N5O2S. The fourth-order valence-electron chi connectivity index (χ4n) is 4.25. The van der Waals surface area contributed by atoms with Crippen molar-refractivity contribution in [2.75, 3.05) is 25.1 Å². The molecule has 2 aromatic heterocycles. The van der Waals surface area contributed by atoms with Gasteiger partial charge >= 0.3 is 6.18 Å². The van der Waals surface area contributed by atoms with E-state index in [1.807, 2.05) is 18.5 Å². The number of piperidine rings is 1. The Morgan fingerprint density at radius 1 is 1.21 bits per heavy atom. The van der Waals surface area contributed by atoms with Gasteiger partial charge in [-0.25, -0.2) is 17.7 Å². The van der Waals surface area contributed by atoms with Gasteiger partial charge in [-0.15, -0.1) is 0 Å². The minimum Gasteiger partial charge on any atom is -0.383 e. The van der Waals surface area contributed by atoms with Crippen LogP contribution in [0.4, 0.5) is 19.0 Å². The van der Waals surface area contributed by atoms with Crippen molar-refractivity contribution in [2.24, 2.45) is 11.8 Å². The van der Waals surface area contributed by atoms with E-state index in [2.05, 4.69) is 10.1 Å². The molecule has 0 amide bonds. The highest BCUT2D eigenvalue weighted by Gasteiger charge is 2.59. The van der Waals surface area contributed by atoms with Gasteiger partial charge in [0.1, 0.15) is 5.82 Å². The first-order chi connectivity index (χ1) is 13.4. The van der Waals surface area contributed by atoms with Crippen molar-refractivity contribution in [3.05, 3.63) is 29.6 Å². The average Bonchev–Trinajstić information content (AvgIpc) is 2.98. The van der Waals surface area contributed by atoms with Gasteiger partial charge in [-0.2, -0.15) is 18.3 Å². The Bertz CT molecular complexity index is 1050. The van der Waals surface area contributed by atoms with Gasteiger partial charge in [-0.1, -0.05) is 0 Å². The van der Waals surface area contributed by atoms with Gasteiger partial charge in [-0.05, 0) is 37.8 Å². The van der Waals surface area contributed by atoms with E-state index >= 15 is 0 Å². The minimum atomic E-state index is -4.60. The molecule has 11 heteroatoms. The first-order valence-electron chi connectivity index (χ1n) is 9.25. The van der Waals surface area contributed by atoms with Gasteiger partial charge in [0.25, 0.3) is 0 Å². The third-order valence-electron chi connectivity index (χ3n) is 5.74. The number of rotatable bonds is 4. The highest BCUT2D eigenvalue weighted by atomic mass is 32.2. The number of halogens is 3. The van der Waals surface area contributed by atoms with Crippen molar-refractivity contribution in [1.29, 1.82) is 0 Å². The van der Waals surface area contributed by atoms with Crippen molar-refractivity contribution < 1.29 is 21.6 Å². The van der Waals surface area contributed by atoms with E-state index in [1.54, 1.807) is 6.07 Å². The first kappa shape index (κ1) is 20.1. The number of anilines is 1. The van der Waals surface area contributed by atoms with E-state index in [-0.39, 0.29) is 29.4 Å². The molecule has 1 saturated heterocycles. The summed E-state index contributed by atoms with van der Waals surface area (Å²) in [6.45, 7) is 4.83. The quantitative estimate of drug-likeness (QED) is 0.807. The summed E-state index contributed by atoms with van der Waals surface area (Å²) in [7, 11) is -3.21. The molecular weight excluding hydrogens is 407 g/mol. The number of sulfonamides is 1. The molecule has 158 valence electrons. The molecule has 0 radical (unpaired) electrons. The molecule has 2 atom stereocenters. The van der Waals surface area contributed by atoms with Crippen LogP contribution in [0.3, 0.4) is 0 Å². The fraction of sp³-hybridized carbons (Fsp3) is 0.556. The summed E-state index contributed by atoms with van der Waals surface area (Å²) in [6, 6.07) is 2.77. The zero-order valence-corrected chi connectivity index (χ0v) is 17.0. The second-order valence-electron chi connectivity index (χ2n) is 8.08. The number of aromatic nitrogens is 3. The smallest absolute Gasteiger partial charge is 0.383 e. The lowest BCUT2D eigenvalue weighted by atomic mass is 10.1. The number of nitrogens with two attached hydrogens (primary N) is 1. The van der Waals surface area contributed by atoms with Gasteiger partial charge in [0.2, 0.25) is 10.0 Å². The molecule has 1 saturated carbocycles. The third-order valence-corrected chi connectivity index (χ3v) is 6.98. The Morgan fingerprint density at radius 3 is 2.34 bits per heavy atom. The van der Waals surface area contributed by atoms with E-state index in [4.69, 9.17) is 5.73 Å². The van der Waals surface area contributed by atoms with Crippen LogP contribution >= 0.6 is 0 Å². The number of hydrogen-bond donors (Lipinski definition) is 1. The van der Waals surface area contributed by atoms with Gasteiger partial charge in [0, 0.05) is 42.5 Å². The number of fused-ring (bicyclic) bond motifs is 1. The second kappa shape index (κ2) is 6.43. The molecule has 0 aromatic carbocycles. The van der Waals surface area contributed by atoms with E-state index in [1.165, 1.54) is 16.8 Å². The molecule has 4 rings (SSSR count). The summed E-state index contributed by atoms with van der Waals surface area (Å²) in [5, 5.41) is 4.53. The molecule has 7 nitrogen and oxygen atoms in total. The van der Waals surface area contributed by atoms with Gasteiger partial charge in [0.15, 0.2) is 0 Å². The number of alkyl halides is 3. The van der Waals surface area contributed by atoms with Crippen molar-refractivity contribution in [3.63, 3.8) is 0 Å². The van der Waals surface area contributed by atoms with Crippen LogP contribution in [-0.4, -0.2) is 46.8 Å². The van der Waals surface area contributed by atoms with Gasteiger partial charge < -0.3 is 5.73 Å². The average molecular weight is 429 g/mol. The van der Waals surface area contributed by atoms with Crippen LogP contribution in [0, 0.1) is 11.8 Å². The summed E-state index contributed by atoms with van der Waals surface area (Å²) in [5.74, 6) is 0.00643. The largest absolute Gasteiger partial charge is 0.419 e. The Labute approximate surface area is 166 Å². The van der Waals surface area contributed by atoms with E-state index in [0.717, 1.165) is 11.8 Å². The topological polar surface area (TPSA) is 94.1 Å². The summed E-state index contributed by atoms with van der Waals surface area (Å²) >= 11 is 0. The van der Waals surface area contributed by atoms with Crippen LogP contribution in [0.5, 0.6) is 0 Å². The van der Waals surface area contributed by atoms with E-state index in [0.29, 0.717) is 18.8 Å². The predicted octanol–water partition coefficient (Wildman–Crippen LogP) is 2.73. The van der Waals surface area contributed by atoms with Crippen molar-refractivity contribution >= 4 is 15.8 Å². The summed E-state index contributed by atoms with van der Waals surface area (Å²) < 4.78 is 66.3. The van der Waals surface area contributed by atoms with Crippen LogP contribution in [0.15, 0.2) is 18.3 Å². The summed E-state index contributed by atoms with van der Waals surface area (Å²) in [4.78, 5) is 3.70.